The van der Waals surface area contributed by atoms with E-state index >= 15 is 0 Å². The fourth-order valence-corrected chi connectivity index (χ4v) is 5.29. The Morgan fingerprint density at radius 1 is 1.05 bits per heavy atom. The molecule has 0 saturated carbocycles. The van der Waals surface area contributed by atoms with Crippen LogP contribution in [0.2, 0.25) is 0 Å². The van der Waals surface area contributed by atoms with Gasteiger partial charge in [0.25, 0.3) is 5.91 Å². The second-order valence-electron chi connectivity index (χ2n) is 10.7. The summed E-state index contributed by atoms with van der Waals surface area (Å²) in [5.41, 5.74) is 13.1. The summed E-state index contributed by atoms with van der Waals surface area (Å²) in [5.74, 6) is -3.33. The van der Waals surface area contributed by atoms with Crippen LogP contribution in [0.5, 0.6) is 0 Å². The van der Waals surface area contributed by atoms with Gasteiger partial charge in [-0.1, -0.05) is 44.5 Å². The molecule has 42 heavy (non-hydrogen) atoms. The molecule has 0 aromatic heterocycles. The molecule has 2 rings (SSSR count). The molecule has 0 unspecified atom stereocenters. The highest BCUT2D eigenvalue weighted by Crippen LogP contribution is 2.25. The maximum atomic E-state index is 14.0. The number of carbonyl (C=O) groups excluding carboxylic acids is 4. The number of carboxylic acid groups (broad SMARTS) is 1. The van der Waals surface area contributed by atoms with Gasteiger partial charge in [0.15, 0.2) is 5.37 Å². The molecule has 234 valence electrons. The first-order valence-corrected chi connectivity index (χ1v) is 16.0. The van der Waals surface area contributed by atoms with Crippen molar-refractivity contribution in [2.75, 3.05) is 18.6 Å². The molecule has 14 heteroatoms. The van der Waals surface area contributed by atoms with Crippen LogP contribution in [0.25, 0.3) is 0 Å². The molecule has 1 aliphatic heterocycles. The number of hydrogen-bond donors (Lipinski definition) is 7. The number of aliphatic carboxylic acids is 1. The Hall–Kier alpha value is -2.81. The lowest BCUT2D eigenvalue weighted by atomic mass is 9.91. The van der Waals surface area contributed by atoms with Crippen molar-refractivity contribution in [2.45, 2.75) is 82.0 Å². The number of thioether (sulfide) groups is 1. The molecule has 0 aliphatic carbocycles. The first kappa shape index (κ1) is 35.4. The van der Waals surface area contributed by atoms with Gasteiger partial charge in [-0.3, -0.25) is 19.2 Å². The monoisotopic (exact) mass is 624 g/mol. The molecule has 1 aromatic rings. The SMILES string of the molecule is CSCC[C@H](NC(=O)[C@@H]1Cc2ccccc2CN1C(=O)[C@H](NC(=O)[C@H](S)NC(=O)[C@@H](N)CCCCN)C(C)C)C(=O)O. The van der Waals surface area contributed by atoms with Gasteiger partial charge in [0.05, 0.1) is 6.04 Å². The number of nitrogens with zero attached hydrogens (tertiary/aromatic N) is 1. The minimum absolute atomic E-state index is 0.105. The first-order chi connectivity index (χ1) is 19.9. The van der Waals surface area contributed by atoms with Gasteiger partial charge in [-0.05, 0) is 54.9 Å². The van der Waals surface area contributed by atoms with Gasteiger partial charge in [0, 0.05) is 13.0 Å². The van der Waals surface area contributed by atoms with E-state index in [0.717, 1.165) is 17.5 Å². The number of nitrogens with two attached hydrogens (primary N) is 2. The van der Waals surface area contributed by atoms with E-state index in [4.69, 9.17) is 11.5 Å². The third kappa shape index (κ3) is 10.2. The normalized spacial score (nSPS) is 17.4. The zero-order valence-corrected chi connectivity index (χ0v) is 26.1. The highest BCUT2D eigenvalue weighted by atomic mass is 32.2. The number of thiol groups is 1. The van der Waals surface area contributed by atoms with E-state index in [1.165, 1.54) is 16.7 Å². The van der Waals surface area contributed by atoms with Crippen LogP contribution in [0.3, 0.4) is 0 Å². The Morgan fingerprint density at radius 2 is 1.71 bits per heavy atom. The van der Waals surface area contributed by atoms with Crippen LogP contribution in [0.4, 0.5) is 0 Å². The smallest absolute Gasteiger partial charge is 0.326 e. The van der Waals surface area contributed by atoms with E-state index in [1.54, 1.807) is 13.8 Å². The number of amides is 4. The van der Waals surface area contributed by atoms with E-state index in [-0.39, 0.29) is 25.3 Å². The lowest BCUT2D eigenvalue weighted by Gasteiger charge is -2.39. The third-order valence-corrected chi connectivity index (χ3v) is 8.13. The highest BCUT2D eigenvalue weighted by Gasteiger charge is 2.40. The number of carbonyl (C=O) groups is 5. The molecule has 1 aliphatic rings. The van der Waals surface area contributed by atoms with Gasteiger partial charge in [0.1, 0.15) is 18.1 Å². The van der Waals surface area contributed by atoms with E-state index in [9.17, 15) is 29.1 Å². The average molecular weight is 625 g/mol. The Morgan fingerprint density at radius 3 is 2.31 bits per heavy atom. The maximum Gasteiger partial charge on any atom is 0.326 e. The summed E-state index contributed by atoms with van der Waals surface area (Å²) >= 11 is 5.68. The number of unbranched alkanes of at least 4 members (excludes halogenated alkanes) is 1. The molecule has 1 aromatic carbocycles. The summed E-state index contributed by atoms with van der Waals surface area (Å²) in [6, 6.07) is 3.44. The van der Waals surface area contributed by atoms with Crippen LogP contribution in [0, 0.1) is 5.92 Å². The van der Waals surface area contributed by atoms with Crippen molar-refractivity contribution in [1.29, 1.82) is 0 Å². The van der Waals surface area contributed by atoms with Gasteiger partial charge in [-0.15, -0.1) is 12.6 Å². The summed E-state index contributed by atoms with van der Waals surface area (Å²) in [4.78, 5) is 66.1. The van der Waals surface area contributed by atoms with Crippen molar-refractivity contribution in [3.63, 3.8) is 0 Å². The van der Waals surface area contributed by atoms with E-state index in [1.807, 2.05) is 30.5 Å². The van der Waals surface area contributed by atoms with Crippen LogP contribution in [-0.4, -0.2) is 87.7 Å². The summed E-state index contributed by atoms with van der Waals surface area (Å²) < 4.78 is 0. The number of fused-ring (bicyclic) bond motifs is 1. The molecule has 0 bridgehead atoms. The summed E-state index contributed by atoms with van der Waals surface area (Å²) in [6.45, 7) is 4.09. The van der Waals surface area contributed by atoms with Crippen molar-refractivity contribution in [3.05, 3.63) is 35.4 Å². The molecule has 0 spiro atoms. The average Bonchev–Trinajstić information content (AvgIpc) is 2.96. The molecular formula is C28H44N6O6S2. The van der Waals surface area contributed by atoms with Crippen LogP contribution in [-0.2, 0) is 36.9 Å². The van der Waals surface area contributed by atoms with Gasteiger partial charge >= 0.3 is 5.97 Å². The lowest BCUT2D eigenvalue weighted by Crippen LogP contribution is -2.61. The quantitative estimate of drug-likeness (QED) is 0.0765. The number of rotatable bonds is 16. The summed E-state index contributed by atoms with van der Waals surface area (Å²) in [7, 11) is 0. The summed E-state index contributed by atoms with van der Waals surface area (Å²) in [5, 5.41) is 16.1. The first-order valence-electron chi connectivity index (χ1n) is 14.0. The third-order valence-electron chi connectivity index (χ3n) is 7.12. The zero-order valence-electron chi connectivity index (χ0n) is 24.4. The number of nitrogens with one attached hydrogen (secondary N) is 3. The van der Waals surface area contributed by atoms with Gasteiger partial charge < -0.3 is 37.4 Å². The van der Waals surface area contributed by atoms with Crippen molar-refractivity contribution in [3.8, 4) is 0 Å². The molecule has 8 N–H and O–H groups in total. The number of benzene rings is 1. The Kier molecular flexibility index (Phi) is 14.6. The fourth-order valence-electron chi connectivity index (χ4n) is 4.62. The predicted molar refractivity (Wildman–Crippen MR) is 166 cm³/mol. The predicted octanol–water partition coefficient (Wildman–Crippen LogP) is 0.232. The maximum absolute atomic E-state index is 14.0. The number of hydrogen-bond acceptors (Lipinski definition) is 9. The summed E-state index contributed by atoms with van der Waals surface area (Å²) in [6.07, 6.45) is 4.05. The minimum atomic E-state index is -1.26. The molecule has 0 saturated heterocycles. The second-order valence-corrected chi connectivity index (χ2v) is 12.2. The minimum Gasteiger partial charge on any atom is -0.480 e. The van der Waals surface area contributed by atoms with Crippen molar-refractivity contribution in [1.82, 2.24) is 20.9 Å². The Bertz CT molecular complexity index is 1110. The molecular weight excluding hydrogens is 580 g/mol. The molecule has 1 heterocycles. The van der Waals surface area contributed by atoms with Crippen LogP contribution >= 0.6 is 24.4 Å². The fraction of sp³-hybridized carbons (Fsp3) is 0.607. The van der Waals surface area contributed by atoms with Gasteiger partial charge in [-0.25, -0.2) is 4.79 Å². The molecule has 0 radical (unpaired) electrons. The van der Waals surface area contributed by atoms with Crippen molar-refractivity contribution in [2.24, 2.45) is 17.4 Å². The second kappa shape index (κ2) is 17.3. The van der Waals surface area contributed by atoms with Gasteiger partial charge in [-0.2, -0.15) is 11.8 Å². The van der Waals surface area contributed by atoms with E-state index in [0.29, 0.717) is 25.1 Å². The highest BCUT2D eigenvalue weighted by molar-refractivity contribution is 7.98. The van der Waals surface area contributed by atoms with Crippen LogP contribution in [0.15, 0.2) is 24.3 Å². The van der Waals surface area contributed by atoms with E-state index in [2.05, 4.69) is 28.6 Å². The van der Waals surface area contributed by atoms with Gasteiger partial charge in [0.2, 0.25) is 17.7 Å². The topological polar surface area (TPSA) is 197 Å². The Labute approximate surface area is 256 Å². The van der Waals surface area contributed by atoms with Crippen molar-refractivity contribution >= 4 is 54.0 Å². The molecule has 5 atom stereocenters. The van der Waals surface area contributed by atoms with Crippen LogP contribution < -0.4 is 27.4 Å². The largest absolute Gasteiger partial charge is 0.480 e. The zero-order chi connectivity index (χ0) is 31.4. The number of carboxylic acids is 1. The molecule has 0 fully saturated rings. The van der Waals surface area contributed by atoms with Crippen LogP contribution in [0.1, 0.15) is 50.7 Å². The molecule has 12 nitrogen and oxygen atoms in total. The lowest BCUT2D eigenvalue weighted by molar-refractivity contribution is -0.147. The van der Waals surface area contributed by atoms with E-state index < -0.39 is 59.1 Å². The standard InChI is InChI=1S/C28H44N6O6S2/c1-16(2)22(32-25(37)26(41)33-23(35)19(30)10-6-7-12-29)27(38)34-15-18-9-5-4-8-17(18)14-21(34)24(36)31-20(28(39)40)11-13-42-3/h4-5,8-9,16,19-22,26,41H,6-7,10-15,29-30H2,1-3H3,(H,31,36)(H,32,37)(H,33,35)(H,39,40)/t19-,20-,21-,22+,26-/m0/s1. The Balaban J connectivity index is 2.22. The molecule has 4 amide bonds. The van der Waals surface area contributed by atoms with Crippen molar-refractivity contribution < 1.29 is 29.1 Å².